The van der Waals surface area contributed by atoms with Gasteiger partial charge in [0.15, 0.2) is 0 Å². The molecule has 1 aliphatic heterocycles. The SMILES string of the molecule is CCOC(=O)N1CCN(CCC(C)c2ccccc2)CC1. The van der Waals surface area contributed by atoms with Gasteiger partial charge in [-0.05, 0) is 31.4 Å². The van der Waals surface area contributed by atoms with E-state index in [0.717, 1.165) is 39.1 Å². The molecule has 4 heteroatoms. The number of amides is 1. The third kappa shape index (κ3) is 4.74. The zero-order valence-corrected chi connectivity index (χ0v) is 13.1. The average Bonchev–Trinajstić information content (AvgIpc) is 2.54. The van der Waals surface area contributed by atoms with Gasteiger partial charge in [-0.2, -0.15) is 0 Å². The summed E-state index contributed by atoms with van der Waals surface area (Å²) in [5.41, 5.74) is 1.41. The molecule has 1 aromatic carbocycles. The van der Waals surface area contributed by atoms with Crippen LogP contribution in [0.25, 0.3) is 0 Å². The second kappa shape index (κ2) is 8.03. The van der Waals surface area contributed by atoms with E-state index >= 15 is 0 Å². The van der Waals surface area contributed by atoms with Crippen molar-refractivity contribution in [3.63, 3.8) is 0 Å². The lowest BCUT2D eigenvalue weighted by atomic mass is 9.97. The molecule has 0 radical (unpaired) electrons. The number of carbonyl (C=O) groups excluding carboxylic acids is 1. The molecule has 116 valence electrons. The summed E-state index contributed by atoms with van der Waals surface area (Å²) in [5, 5.41) is 0. The molecule has 0 aliphatic carbocycles. The Labute approximate surface area is 127 Å². The molecule has 1 aliphatic rings. The fourth-order valence-electron chi connectivity index (χ4n) is 2.69. The van der Waals surface area contributed by atoms with Crippen LogP contribution in [0.2, 0.25) is 0 Å². The second-order valence-electron chi connectivity index (χ2n) is 5.63. The lowest BCUT2D eigenvalue weighted by molar-refractivity contribution is 0.0790. The van der Waals surface area contributed by atoms with Crippen LogP contribution in [-0.4, -0.2) is 55.2 Å². The molecule has 0 aromatic heterocycles. The molecule has 1 saturated heterocycles. The Kier molecular flexibility index (Phi) is 6.05. The molecule has 1 atom stereocenters. The highest BCUT2D eigenvalue weighted by atomic mass is 16.6. The van der Waals surface area contributed by atoms with E-state index in [0.29, 0.717) is 12.5 Å². The molecule has 0 N–H and O–H groups in total. The van der Waals surface area contributed by atoms with Crippen LogP contribution in [0.3, 0.4) is 0 Å². The van der Waals surface area contributed by atoms with E-state index in [1.165, 1.54) is 5.56 Å². The second-order valence-corrected chi connectivity index (χ2v) is 5.63. The van der Waals surface area contributed by atoms with Gasteiger partial charge in [0.05, 0.1) is 6.61 Å². The van der Waals surface area contributed by atoms with Crippen LogP contribution < -0.4 is 0 Å². The Morgan fingerprint density at radius 3 is 2.48 bits per heavy atom. The lowest BCUT2D eigenvalue weighted by Crippen LogP contribution is -2.49. The van der Waals surface area contributed by atoms with E-state index in [-0.39, 0.29) is 6.09 Å². The molecular formula is C17H26N2O2. The number of hydrogen-bond acceptors (Lipinski definition) is 3. The van der Waals surface area contributed by atoms with Crippen molar-refractivity contribution in [2.24, 2.45) is 0 Å². The number of hydrogen-bond donors (Lipinski definition) is 0. The van der Waals surface area contributed by atoms with Gasteiger partial charge in [0, 0.05) is 26.2 Å². The number of nitrogens with zero attached hydrogens (tertiary/aromatic N) is 2. The van der Waals surface area contributed by atoms with Gasteiger partial charge in [-0.15, -0.1) is 0 Å². The quantitative estimate of drug-likeness (QED) is 0.836. The fraction of sp³-hybridized carbons (Fsp3) is 0.588. The van der Waals surface area contributed by atoms with Crippen molar-refractivity contribution < 1.29 is 9.53 Å². The van der Waals surface area contributed by atoms with Gasteiger partial charge in [-0.1, -0.05) is 37.3 Å². The summed E-state index contributed by atoms with van der Waals surface area (Å²) in [5.74, 6) is 0.578. The van der Waals surface area contributed by atoms with Crippen molar-refractivity contribution in [1.29, 1.82) is 0 Å². The maximum atomic E-state index is 11.6. The van der Waals surface area contributed by atoms with E-state index < -0.39 is 0 Å². The minimum atomic E-state index is -0.171. The first-order valence-electron chi connectivity index (χ1n) is 7.89. The summed E-state index contributed by atoms with van der Waals surface area (Å²) >= 11 is 0. The number of ether oxygens (including phenoxy) is 1. The zero-order chi connectivity index (χ0) is 15.1. The first-order valence-corrected chi connectivity index (χ1v) is 7.89. The van der Waals surface area contributed by atoms with E-state index in [1.54, 1.807) is 4.90 Å². The summed E-state index contributed by atoms with van der Waals surface area (Å²) < 4.78 is 5.04. The standard InChI is InChI=1S/C17H26N2O2/c1-3-21-17(20)19-13-11-18(12-14-19)10-9-15(2)16-7-5-4-6-8-16/h4-8,15H,3,9-14H2,1-2H3. The van der Waals surface area contributed by atoms with E-state index in [2.05, 4.69) is 42.2 Å². The van der Waals surface area contributed by atoms with Crippen molar-refractivity contribution in [2.45, 2.75) is 26.2 Å². The number of piperazine rings is 1. The van der Waals surface area contributed by atoms with Gasteiger partial charge in [0.2, 0.25) is 0 Å². The topological polar surface area (TPSA) is 32.8 Å². The summed E-state index contributed by atoms with van der Waals surface area (Å²) in [6.45, 7) is 9.11. The Morgan fingerprint density at radius 1 is 1.19 bits per heavy atom. The number of benzene rings is 1. The van der Waals surface area contributed by atoms with Crippen LogP contribution in [0.15, 0.2) is 30.3 Å². The van der Waals surface area contributed by atoms with Crippen LogP contribution in [0, 0.1) is 0 Å². The average molecular weight is 290 g/mol. The smallest absolute Gasteiger partial charge is 0.409 e. The summed E-state index contributed by atoms with van der Waals surface area (Å²) in [4.78, 5) is 15.9. The van der Waals surface area contributed by atoms with Crippen molar-refractivity contribution in [2.75, 3.05) is 39.3 Å². The predicted octanol–water partition coefficient (Wildman–Crippen LogP) is 2.95. The van der Waals surface area contributed by atoms with E-state index in [9.17, 15) is 4.79 Å². The highest BCUT2D eigenvalue weighted by Gasteiger charge is 2.21. The monoisotopic (exact) mass is 290 g/mol. The highest BCUT2D eigenvalue weighted by molar-refractivity contribution is 5.67. The van der Waals surface area contributed by atoms with Gasteiger partial charge in [-0.25, -0.2) is 4.79 Å². The molecule has 1 fully saturated rings. The number of rotatable bonds is 5. The highest BCUT2D eigenvalue weighted by Crippen LogP contribution is 2.19. The Bertz CT molecular complexity index is 428. The minimum Gasteiger partial charge on any atom is -0.450 e. The molecule has 21 heavy (non-hydrogen) atoms. The zero-order valence-electron chi connectivity index (χ0n) is 13.1. The number of carbonyl (C=O) groups is 1. The fourth-order valence-corrected chi connectivity index (χ4v) is 2.69. The van der Waals surface area contributed by atoms with Crippen molar-refractivity contribution in [1.82, 2.24) is 9.80 Å². The van der Waals surface area contributed by atoms with Crippen LogP contribution >= 0.6 is 0 Å². The third-order valence-electron chi connectivity index (χ3n) is 4.15. The first kappa shape index (κ1) is 15.8. The molecule has 0 bridgehead atoms. The molecule has 1 aromatic rings. The van der Waals surface area contributed by atoms with E-state index in [4.69, 9.17) is 4.74 Å². The van der Waals surface area contributed by atoms with Gasteiger partial charge >= 0.3 is 6.09 Å². The van der Waals surface area contributed by atoms with Gasteiger partial charge in [0.1, 0.15) is 0 Å². The van der Waals surface area contributed by atoms with E-state index in [1.807, 2.05) is 6.92 Å². The Morgan fingerprint density at radius 2 is 1.86 bits per heavy atom. The normalized spacial score (nSPS) is 17.5. The van der Waals surface area contributed by atoms with Crippen molar-refractivity contribution in [3.8, 4) is 0 Å². The van der Waals surface area contributed by atoms with Crippen LogP contribution in [-0.2, 0) is 4.74 Å². The molecular weight excluding hydrogens is 264 g/mol. The molecule has 0 saturated carbocycles. The van der Waals surface area contributed by atoms with Crippen LogP contribution in [0.1, 0.15) is 31.7 Å². The molecule has 1 unspecified atom stereocenters. The van der Waals surface area contributed by atoms with Gasteiger partial charge in [0.25, 0.3) is 0 Å². The summed E-state index contributed by atoms with van der Waals surface area (Å²) in [6.07, 6.45) is 0.985. The predicted molar refractivity (Wildman–Crippen MR) is 84.5 cm³/mol. The molecule has 1 heterocycles. The molecule has 2 rings (SSSR count). The summed E-state index contributed by atoms with van der Waals surface area (Å²) in [7, 11) is 0. The van der Waals surface area contributed by atoms with Crippen molar-refractivity contribution in [3.05, 3.63) is 35.9 Å². The Hall–Kier alpha value is -1.55. The minimum absolute atomic E-state index is 0.171. The molecule has 4 nitrogen and oxygen atoms in total. The molecule has 0 spiro atoms. The molecule has 1 amide bonds. The van der Waals surface area contributed by atoms with Crippen LogP contribution in [0.5, 0.6) is 0 Å². The largest absolute Gasteiger partial charge is 0.450 e. The van der Waals surface area contributed by atoms with Gasteiger partial charge in [-0.3, -0.25) is 4.90 Å². The Balaban J connectivity index is 1.70. The third-order valence-corrected chi connectivity index (χ3v) is 4.15. The maximum Gasteiger partial charge on any atom is 0.409 e. The summed E-state index contributed by atoms with van der Waals surface area (Å²) in [6, 6.07) is 10.7. The van der Waals surface area contributed by atoms with Gasteiger partial charge < -0.3 is 9.64 Å². The first-order chi connectivity index (χ1) is 10.2. The van der Waals surface area contributed by atoms with Crippen molar-refractivity contribution >= 4 is 6.09 Å². The van der Waals surface area contributed by atoms with Crippen LogP contribution in [0.4, 0.5) is 4.79 Å². The maximum absolute atomic E-state index is 11.6. The lowest BCUT2D eigenvalue weighted by Gasteiger charge is -2.34.